The maximum absolute atomic E-state index is 11.1. The van der Waals surface area contributed by atoms with Gasteiger partial charge in [0.15, 0.2) is 0 Å². The molecule has 0 aromatic carbocycles. The molecule has 0 aliphatic rings. The van der Waals surface area contributed by atoms with Gasteiger partial charge >= 0.3 is 6.18 Å². The maximum Gasteiger partial charge on any atom is 0.422 e. The summed E-state index contributed by atoms with van der Waals surface area (Å²) in [5.41, 5.74) is 0. The number of hydrogen-bond donors (Lipinski definition) is 0. The highest BCUT2D eigenvalue weighted by Crippen LogP contribution is 2.22. The summed E-state index contributed by atoms with van der Waals surface area (Å²) in [5.74, 6) is 0. The van der Waals surface area contributed by atoms with Crippen molar-refractivity contribution in [3.63, 3.8) is 0 Å². The van der Waals surface area contributed by atoms with E-state index in [1.807, 2.05) is 0 Å². The molecule has 0 radical (unpaired) electrons. The Kier molecular flexibility index (Phi) is 2.18. The highest BCUT2D eigenvalue weighted by atomic mass is 19.4. The molecule has 5 heteroatoms. The van der Waals surface area contributed by atoms with Crippen LogP contribution in [0.25, 0.3) is 0 Å². The number of halogens is 5. The van der Waals surface area contributed by atoms with Gasteiger partial charge in [-0.2, -0.15) is 13.2 Å². The van der Waals surface area contributed by atoms with Gasteiger partial charge in [0.2, 0.25) is 6.17 Å². The van der Waals surface area contributed by atoms with E-state index in [1.54, 1.807) is 0 Å². The summed E-state index contributed by atoms with van der Waals surface area (Å²) in [4.78, 5) is 0. The zero-order chi connectivity index (χ0) is 6.78. The van der Waals surface area contributed by atoms with E-state index in [2.05, 4.69) is 0 Å². The Bertz CT molecular complexity index is 64.6. The summed E-state index contributed by atoms with van der Waals surface area (Å²) in [6.45, 7) is -2.00. The van der Waals surface area contributed by atoms with Crippen LogP contribution in [0, 0.1) is 0 Å². The van der Waals surface area contributed by atoms with Crippen molar-refractivity contribution >= 4 is 0 Å². The SMILES string of the molecule is FC[C@H](F)C(F)(F)F. The third-order valence-electron chi connectivity index (χ3n) is 0.491. The maximum atomic E-state index is 11.1. The molecule has 0 aliphatic heterocycles. The summed E-state index contributed by atoms with van der Waals surface area (Å²) < 4.78 is 54.4. The van der Waals surface area contributed by atoms with Crippen LogP contribution >= 0.6 is 0 Å². The van der Waals surface area contributed by atoms with Crippen molar-refractivity contribution in [3.05, 3.63) is 0 Å². The van der Waals surface area contributed by atoms with Crippen LogP contribution < -0.4 is 0 Å². The Morgan fingerprint density at radius 3 is 1.62 bits per heavy atom. The largest absolute Gasteiger partial charge is 0.422 e. The fourth-order valence-corrected chi connectivity index (χ4v) is 0.0875. The molecule has 0 fully saturated rings. The molecule has 0 bridgehead atoms. The van der Waals surface area contributed by atoms with Gasteiger partial charge in [0, 0.05) is 0 Å². The molecule has 0 amide bonds. The van der Waals surface area contributed by atoms with Crippen LogP contribution in [0.4, 0.5) is 22.0 Å². The summed E-state index contributed by atoms with van der Waals surface area (Å²) >= 11 is 0. The topological polar surface area (TPSA) is 0 Å². The number of rotatable bonds is 1. The summed E-state index contributed by atoms with van der Waals surface area (Å²) in [6, 6.07) is 0. The molecule has 0 heterocycles. The molecule has 0 rings (SSSR count). The van der Waals surface area contributed by atoms with Crippen molar-refractivity contribution in [1.82, 2.24) is 0 Å². The molecule has 0 nitrogen and oxygen atoms in total. The Hall–Kier alpha value is -0.350. The molecule has 0 aromatic rings. The van der Waals surface area contributed by atoms with Crippen LogP contribution in [-0.4, -0.2) is 19.0 Å². The van der Waals surface area contributed by atoms with Gasteiger partial charge in [-0.3, -0.25) is 0 Å². The highest BCUT2D eigenvalue weighted by Gasteiger charge is 2.39. The Morgan fingerprint density at radius 2 is 1.62 bits per heavy atom. The van der Waals surface area contributed by atoms with E-state index in [-0.39, 0.29) is 0 Å². The van der Waals surface area contributed by atoms with Crippen molar-refractivity contribution in [2.24, 2.45) is 0 Å². The molecule has 8 heavy (non-hydrogen) atoms. The normalized spacial score (nSPS) is 16.1. The molecule has 0 N–H and O–H groups in total. The predicted molar refractivity (Wildman–Crippen MR) is 16.9 cm³/mol. The lowest BCUT2D eigenvalue weighted by Gasteiger charge is -2.06. The average molecular weight is 134 g/mol. The molecule has 0 aliphatic carbocycles. The third-order valence-corrected chi connectivity index (χ3v) is 0.491. The zero-order valence-electron chi connectivity index (χ0n) is 3.67. The molecule has 0 spiro atoms. The van der Waals surface area contributed by atoms with Crippen molar-refractivity contribution in [2.45, 2.75) is 12.3 Å². The molecular weight excluding hydrogens is 131 g/mol. The molecule has 0 unspecified atom stereocenters. The van der Waals surface area contributed by atoms with Crippen molar-refractivity contribution in [1.29, 1.82) is 0 Å². The average Bonchev–Trinajstić information content (AvgIpc) is 1.62. The molecular formula is C3H3F5. The van der Waals surface area contributed by atoms with Gasteiger partial charge in [-0.15, -0.1) is 0 Å². The highest BCUT2D eigenvalue weighted by molar-refractivity contribution is 4.62. The minimum atomic E-state index is -5.03. The van der Waals surface area contributed by atoms with Gasteiger partial charge < -0.3 is 0 Å². The standard InChI is InChI=1S/C3H3F5/c4-1-2(5)3(6,7)8/h2H,1H2/t2-/m0/s1. The fraction of sp³-hybridized carbons (Fsp3) is 1.00. The van der Waals surface area contributed by atoms with E-state index < -0.39 is 19.0 Å². The van der Waals surface area contributed by atoms with Gasteiger partial charge in [0.25, 0.3) is 0 Å². The van der Waals surface area contributed by atoms with Crippen LogP contribution in [0.3, 0.4) is 0 Å². The van der Waals surface area contributed by atoms with E-state index in [9.17, 15) is 22.0 Å². The fourth-order valence-electron chi connectivity index (χ4n) is 0.0875. The quantitative estimate of drug-likeness (QED) is 0.480. The van der Waals surface area contributed by atoms with Crippen LogP contribution in [0.15, 0.2) is 0 Å². The van der Waals surface area contributed by atoms with Crippen molar-refractivity contribution in [3.8, 4) is 0 Å². The summed E-state index contributed by atoms with van der Waals surface area (Å²) in [5, 5.41) is 0. The van der Waals surface area contributed by atoms with Crippen LogP contribution in [0.1, 0.15) is 0 Å². The Labute approximate surface area is 42.3 Å². The lowest BCUT2D eigenvalue weighted by Crippen LogP contribution is -2.25. The van der Waals surface area contributed by atoms with Crippen LogP contribution in [-0.2, 0) is 0 Å². The van der Waals surface area contributed by atoms with Crippen molar-refractivity contribution in [2.75, 3.05) is 6.67 Å². The monoisotopic (exact) mass is 134 g/mol. The summed E-state index contributed by atoms with van der Waals surface area (Å²) in [7, 11) is 0. The lowest BCUT2D eigenvalue weighted by molar-refractivity contribution is -0.183. The summed E-state index contributed by atoms with van der Waals surface area (Å²) in [6.07, 6.45) is -8.35. The number of hydrogen-bond acceptors (Lipinski definition) is 0. The van der Waals surface area contributed by atoms with Gasteiger partial charge in [-0.25, -0.2) is 8.78 Å². The van der Waals surface area contributed by atoms with Crippen LogP contribution in [0.2, 0.25) is 0 Å². The van der Waals surface area contributed by atoms with E-state index in [4.69, 9.17) is 0 Å². The van der Waals surface area contributed by atoms with E-state index in [0.29, 0.717) is 0 Å². The van der Waals surface area contributed by atoms with E-state index >= 15 is 0 Å². The van der Waals surface area contributed by atoms with E-state index in [0.717, 1.165) is 0 Å². The first-order valence-electron chi connectivity index (χ1n) is 1.75. The molecule has 50 valence electrons. The van der Waals surface area contributed by atoms with Crippen LogP contribution in [0.5, 0.6) is 0 Å². The second kappa shape index (κ2) is 2.28. The predicted octanol–water partition coefficient (Wildman–Crippen LogP) is 1.86. The van der Waals surface area contributed by atoms with Crippen molar-refractivity contribution < 1.29 is 22.0 Å². The minimum absolute atomic E-state index is 2.00. The third kappa shape index (κ3) is 2.09. The van der Waals surface area contributed by atoms with Gasteiger partial charge in [-0.05, 0) is 0 Å². The molecule has 0 aromatic heterocycles. The minimum Gasteiger partial charge on any atom is -0.248 e. The second-order valence-electron chi connectivity index (χ2n) is 1.16. The van der Waals surface area contributed by atoms with Gasteiger partial charge in [0.1, 0.15) is 6.67 Å². The Morgan fingerprint density at radius 1 is 1.25 bits per heavy atom. The molecule has 0 saturated heterocycles. The molecule has 1 atom stereocenters. The first-order valence-corrected chi connectivity index (χ1v) is 1.75. The lowest BCUT2D eigenvalue weighted by atomic mass is 10.4. The van der Waals surface area contributed by atoms with Gasteiger partial charge in [0.05, 0.1) is 0 Å². The Balaban J connectivity index is 3.62. The van der Waals surface area contributed by atoms with Gasteiger partial charge in [-0.1, -0.05) is 0 Å². The number of alkyl halides is 5. The zero-order valence-corrected chi connectivity index (χ0v) is 3.67. The van der Waals surface area contributed by atoms with E-state index in [1.165, 1.54) is 0 Å². The first-order chi connectivity index (χ1) is 3.48. The molecule has 0 saturated carbocycles. The second-order valence-corrected chi connectivity index (χ2v) is 1.16. The smallest absolute Gasteiger partial charge is 0.248 e. The first kappa shape index (κ1) is 7.65.